The largest absolute Gasteiger partial charge is 0.492 e. The lowest BCUT2D eigenvalue weighted by Crippen LogP contribution is -2.38. The topological polar surface area (TPSA) is 47.6 Å². The Labute approximate surface area is 149 Å². The van der Waals surface area contributed by atoms with E-state index in [0.29, 0.717) is 26.4 Å². The zero-order valence-electron chi connectivity index (χ0n) is 14.4. The maximum atomic E-state index is 12.2. The van der Waals surface area contributed by atoms with E-state index in [-0.39, 0.29) is 11.8 Å². The molecule has 1 aliphatic heterocycles. The Balaban J connectivity index is 1.27. The van der Waals surface area contributed by atoms with Gasteiger partial charge in [0, 0.05) is 13.2 Å². The second kappa shape index (κ2) is 9.23. The van der Waals surface area contributed by atoms with Crippen molar-refractivity contribution in [2.75, 3.05) is 26.4 Å². The summed E-state index contributed by atoms with van der Waals surface area (Å²) >= 11 is 0. The van der Waals surface area contributed by atoms with Crippen LogP contribution in [-0.4, -0.2) is 32.3 Å². The molecule has 0 radical (unpaired) electrons. The number of carbonyl (C=O) groups is 1. The van der Waals surface area contributed by atoms with Gasteiger partial charge in [0.15, 0.2) is 0 Å². The van der Waals surface area contributed by atoms with Crippen molar-refractivity contribution in [2.45, 2.75) is 19.3 Å². The van der Waals surface area contributed by atoms with E-state index >= 15 is 0 Å². The third-order valence-corrected chi connectivity index (χ3v) is 4.39. The molecule has 1 N–H and O–H groups in total. The first-order valence-electron chi connectivity index (χ1n) is 8.93. The number of fused-ring (bicyclic) bond motifs is 1. The summed E-state index contributed by atoms with van der Waals surface area (Å²) in [5.41, 5.74) is 2.39. The lowest BCUT2D eigenvalue weighted by Gasteiger charge is -2.24. The number of ether oxygens (including phenoxy) is 2. The van der Waals surface area contributed by atoms with Crippen molar-refractivity contribution in [3.63, 3.8) is 0 Å². The van der Waals surface area contributed by atoms with Crippen molar-refractivity contribution in [3.05, 3.63) is 65.7 Å². The molecule has 0 fully saturated rings. The van der Waals surface area contributed by atoms with Crippen molar-refractivity contribution in [2.24, 2.45) is 5.92 Å². The van der Waals surface area contributed by atoms with Crippen LogP contribution in [0.4, 0.5) is 0 Å². The second-order valence-corrected chi connectivity index (χ2v) is 6.31. The smallest absolute Gasteiger partial charge is 0.226 e. The number of carbonyl (C=O) groups excluding carboxylic acids is 1. The second-order valence-electron chi connectivity index (χ2n) is 6.31. The lowest BCUT2D eigenvalue weighted by molar-refractivity contribution is -0.126. The lowest BCUT2D eigenvalue weighted by atomic mass is 9.96. The monoisotopic (exact) mass is 339 g/mol. The van der Waals surface area contributed by atoms with Crippen LogP contribution < -0.4 is 10.1 Å². The highest BCUT2D eigenvalue weighted by atomic mass is 16.5. The van der Waals surface area contributed by atoms with Gasteiger partial charge in [-0.15, -0.1) is 0 Å². The minimum Gasteiger partial charge on any atom is -0.492 e. The minimum atomic E-state index is -0.103. The van der Waals surface area contributed by atoms with Gasteiger partial charge in [0.2, 0.25) is 5.91 Å². The number of hydrogen-bond acceptors (Lipinski definition) is 3. The van der Waals surface area contributed by atoms with Crippen LogP contribution in [0.15, 0.2) is 54.6 Å². The van der Waals surface area contributed by atoms with E-state index in [0.717, 1.165) is 30.6 Å². The molecule has 1 unspecified atom stereocenters. The Morgan fingerprint density at radius 1 is 1.08 bits per heavy atom. The van der Waals surface area contributed by atoms with Crippen molar-refractivity contribution in [3.8, 4) is 5.75 Å². The zero-order chi connectivity index (χ0) is 17.3. The predicted octanol–water partition coefficient (Wildman–Crippen LogP) is 3.00. The fourth-order valence-corrected chi connectivity index (χ4v) is 2.96. The standard InChI is InChI=1S/C21H25NO3/c23-21(19-15-18-9-4-5-10-20(18)25-16-19)22-12-6-13-24-14-11-17-7-2-1-3-8-17/h1-5,7-10,19H,6,11-16H2,(H,22,23). The highest BCUT2D eigenvalue weighted by molar-refractivity contribution is 5.79. The summed E-state index contributed by atoms with van der Waals surface area (Å²) in [5, 5.41) is 2.99. The maximum Gasteiger partial charge on any atom is 0.226 e. The predicted molar refractivity (Wildman–Crippen MR) is 97.7 cm³/mol. The summed E-state index contributed by atoms with van der Waals surface area (Å²) in [6.45, 7) is 2.47. The highest BCUT2D eigenvalue weighted by Gasteiger charge is 2.25. The Morgan fingerprint density at radius 2 is 1.88 bits per heavy atom. The summed E-state index contributed by atoms with van der Waals surface area (Å²) in [6.07, 6.45) is 2.49. The minimum absolute atomic E-state index is 0.0683. The SMILES string of the molecule is O=C(NCCCOCCc1ccccc1)C1COc2ccccc2C1. The first kappa shape index (κ1) is 17.5. The molecular formula is C21H25NO3. The molecule has 2 aromatic carbocycles. The van der Waals surface area contributed by atoms with E-state index < -0.39 is 0 Å². The summed E-state index contributed by atoms with van der Waals surface area (Å²) in [5.74, 6) is 0.867. The fraction of sp³-hybridized carbons (Fsp3) is 0.381. The van der Waals surface area contributed by atoms with Gasteiger partial charge in [-0.05, 0) is 36.5 Å². The molecule has 1 aliphatic rings. The molecule has 0 saturated carbocycles. The Kier molecular flexibility index (Phi) is 6.46. The van der Waals surface area contributed by atoms with Crippen molar-refractivity contribution in [1.29, 1.82) is 0 Å². The molecule has 0 spiro atoms. The molecule has 1 heterocycles. The summed E-state index contributed by atoms with van der Waals surface area (Å²) in [4.78, 5) is 12.2. The van der Waals surface area contributed by atoms with Crippen LogP contribution in [0.2, 0.25) is 0 Å². The molecule has 0 aliphatic carbocycles. The number of benzene rings is 2. The third-order valence-electron chi connectivity index (χ3n) is 4.39. The molecule has 132 valence electrons. The molecule has 2 aromatic rings. The van der Waals surface area contributed by atoms with Gasteiger partial charge >= 0.3 is 0 Å². The van der Waals surface area contributed by atoms with Crippen LogP contribution in [-0.2, 0) is 22.4 Å². The van der Waals surface area contributed by atoms with Gasteiger partial charge in [-0.2, -0.15) is 0 Å². The Hall–Kier alpha value is -2.33. The highest BCUT2D eigenvalue weighted by Crippen LogP contribution is 2.26. The summed E-state index contributed by atoms with van der Waals surface area (Å²) in [7, 11) is 0. The normalized spacial score (nSPS) is 15.9. The van der Waals surface area contributed by atoms with Gasteiger partial charge in [-0.1, -0.05) is 48.5 Å². The van der Waals surface area contributed by atoms with Gasteiger partial charge in [0.1, 0.15) is 12.4 Å². The first-order chi connectivity index (χ1) is 12.3. The molecule has 0 aromatic heterocycles. The number of amides is 1. The van der Waals surface area contributed by atoms with Gasteiger partial charge < -0.3 is 14.8 Å². The van der Waals surface area contributed by atoms with E-state index in [2.05, 4.69) is 17.4 Å². The number of nitrogens with one attached hydrogen (secondary N) is 1. The van der Waals surface area contributed by atoms with E-state index in [4.69, 9.17) is 9.47 Å². The zero-order valence-corrected chi connectivity index (χ0v) is 14.4. The van der Waals surface area contributed by atoms with Crippen molar-refractivity contribution < 1.29 is 14.3 Å². The number of hydrogen-bond donors (Lipinski definition) is 1. The summed E-state index contributed by atoms with van der Waals surface area (Å²) in [6, 6.07) is 18.2. The van der Waals surface area contributed by atoms with E-state index in [1.165, 1.54) is 5.56 Å². The van der Waals surface area contributed by atoms with E-state index in [9.17, 15) is 4.79 Å². The molecule has 1 amide bonds. The van der Waals surface area contributed by atoms with Crippen LogP contribution >= 0.6 is 0 Å². The fourth-order valence-electron chi connectivity index (χ4n) is 2.96. The summed E-state index contributed by atoms with van der Waals surface area (Å²) < 4.78 is 11.3. The molecule has 0 bridgehead atoms. The Morgan fingerprint density at radius 3 is 2.76 bits per heavy atom. The van der Waals surface area contributed by atoms with E-state index in [1.807, 2.05) is 42.5 Å². The quantitative estimate of drug-likeness (QED) is 0.752. The average molecular weight is 339 g/mol. The number of rotatable bonds is 8. The van der Waals surface area contributed by atoms with E-state index in [1.54, 1.807) is 0 Å². The van der Waals surface area contributed by atoms with Crippen LogP contribution in [0.1, 0.15) is 17.5 Å². The van der Waals surface area contributed by atoms with Gasteiger partial charge in [0.25, 0.3) is 0 Å². The number of para-hydroxylation sites is 1. The van der Waals surface area contributed by atoms with Crippen molar-refractivity contribution >= 4 is 5.91 Å². The maximum absolute atomic E-state index is 12.2. The Bertz CT molecular complexity index is 672. The molecule has 25 heavy (non-hydrogen) atoms. The molecule has 4 nitrogen and oxygen atoms in total. The van der Waals surface area contributed by atoms with Gasteiger partial charge in [-0.25, -0.2) is 0 Å². The average Bonchev–Trinajstić information content (AvgIpc) is 2.67. The van der Waals surface area contributed by atoms with Gasteiger partial charge in [-0.3, -0.25) is 4.79 Å². The molecule has 1 atom stereocenters. The van der Waals surface area contributed by atoms with Crippen molar-refractivity contribution in [1.82, 2.24) is 5.32 Å². The van der Waals surface area contributed by atoms with Gasteiger partial charge in [0.05, 0.1) is 12.5 Å². The van der Waals surface area contributed by atoms with Crippen LogP contribution in [0.25, 0.3) is 0 Å². The van der Waals surface area contributed by atoms with Crippen LogP contribution in [0.5, 0.6) is 5.75 Å². The third kappa shape index (κ3) is 5.33. The molecule has 4 heteroatoms. The molecule has 3 rings (SSSR count). The first-order valence-corrected chi connectivity index (χ1v) is 8.93. The molecular weight excluding hydrogens is 314 g/mol. The van der Waals surface area contributed by atoms with Crippen LogP contribution in [0.3, 0.4) is 0 Å². The van der Waals surface area contributed by atoms with Crippen LogP contribution in [0, 0.1) is 5.92 Å². The molecule has 0 saturated heterocycles.